The van der Waals surface area contributed by atoms with Gasteiger partial charge >= 0.3 is 5.97 Å². The van der Waals surface area contributed by atoms with E-state index in [4.69, 9.17) is 28.4 Å². The second-order valence-electron chi connectivity index (χ2n) is 22.2. The van der Waals surface area contributed by atoms with Crippen LogP contribution in [-0.4, -0.2) is 215 Å². The van der Waals surface area contributed by atoms with Crippen LogP contribution >= 0.6 is 0 Å². The highest BCUT2D eigenvalue weighted by atomic mass is 16.8. The minimum absolute atomic E-state index is 0.185. The van der Waals surface area contributed by atoms with Gasteiger partial charge in [0.15, 0.2) is 12.6 Å². The van der Waals surface area contributed by atoms with Crippen LogP contribution in [0.5, 0.6) is 0 Å². The van der Waals surface area contributed by atoms with Gasteiger partial charge in [0, 0.05) is 19.8 Å². The number of hydrogen-bond donors (Lipinski definition) is 14. The van der Waals surface area contributed by atoms with Crippen molar-refractivity contribution in [2.24, 2.45) is 0 Å². The molecule has 81 heavy (non-hydrogen) atoms. The quantitative estimate of drug-likeness (QED) is 0.0308. The van der Waals surface area contributed by atoms with E-state index in [9.17, 15) is 75.7 Å². The molecule has 0 spiro atoms. The maximum atomic E-state index is 13.3. The summed E-state index contributed by atoms with van der Waals surface area (Å²) in [6.07, 6.45) is 5.49. The molecule has 0 aliphatic carbocycles. The summed E-state index contributed by atoms with van der Waals surface area (Å²) < 4.78 is 34.6. The Morgan fingerprint density at radius 1 is 0.642 bits per heavy atom. The van der Waals surface area contributed by atoms with Gasteiger partial charge < -0.3 is 100 Å². The van der Waals surface area contributed by atoms with E-state index in [-0.39, 0.29) is 12.3 Å². The van der Waals surface area contributed by atoms with Crippen molar-refractivity contribution in [2.75, 3.05) is 26.4 Å². The summed E-state index contributed by atoms with van der Waals surface area (Å²) in [6.45, 7) is 2.03. The summed E-state index contributed by atoms with van der Waals surface area (Å²) in [4.78, 5) is 38.3. The Balaban J connectivity index is 1.67. The van der Waals surface area contributed by atoms with Crippen LogP contribution in [-0.2, 0) is 42.8 Å². The molecule has 23 nitrogen and oxygen atoms in total. The van der Waals surface area contributed by atoms with E-state index in [1.807, 2.05) is 6.08 Å². The fourth-order valence-electron chi connectivity index (χ4n) is 10.5. The van der Waals surface area contributed by atoms with Crippen molar-refractivity contribution >= 4 is 17.8 Å². The van der Waals surface area contributed by atoms with E-state index < -0.39 is 155 Å². The second-order valence-corrected chi connectivity index (χ2v) is 22.2. The SMILES string of the molecule is CCCC/C=C\CCCCCCC(=O)NC(COC1OC(CO)C(OC2OC(CO)C(O)C(OC3(C(=O)O)CC(O)C(NC(C)=O)C(C(O)C(O)CO)O3)C2O)C(O)C1O)C(O)/C=C/CCCCCCCCCCCCCCCCC. The zero-order chi connectivity index (χ0) is 59.7. The topological polar surface area (TPSA) is 373 Å². The fraction of sp³-hybridized carbons (Fsp3) is 0.879. The number of aliphatic hydroxyl groups excluding tert-OH is 11. The highest BCUT2D eigenvalue weighted by Crippen LogP contribution is 2.38. The molecule has 3 aliphatic heterocycles. The summed E-state index contributed by atoms with van der Waals surface area (Å²) >= 11 is 0. The molecular weight excluding hydrogens is 1060 g/mol. The van der Waals surface area contributed by atoms with E-state index in [0.29, 0.717) is 12.8 Å². The lowest BCUT2D eigenvalue weighted by Gasteiger charge is -2.50. The first-order valence-corrected chi connectivity index (χ1v) is 30.2. The number of carboxylic acid groups (broad SMARTS) is 1. The Labute approximate surface area is 479 Å². The third-order valence-corrected chi connectivity index (χ3v) is 15.4. The summed E-state index contributed by atoms with van der Waals surface area (Å²) in [5.74, 6) is -6.16. The zero-order valence-corrected chi connectivity index (χ0v) is 48.4. The van der Waals surface area contributed by atoms with Crippen molar-refractivity contribution in [2.45, 2.75) is 298 Å². The van der Waals surface area contributed by atoms with Crippen LogP contribution in [0.15, 0.2) is 24.3 Å². The average Bonchev–Trinajstić information content (AvgIpc) is 3.63. The molecule has 0 aromatic rings. The molecule has 0 aromatic heterocycles. The zero-order valence-electron chi connectivity index (χ0n) is 48.4. The molecule has 3 aliphatic rings. The van der Waals surface area contributed by atoms with Gasteiger partial charge in [0.25, 0.3) is 5.79 Å². The second kappa shape index (κ2) is 40.5. The van der Waals surface area contributed by atoms with Crippen molar-refractivity contribution < 1.29 is 104 Å². The van der Waals surface area contributed by atoms with Crippen LogP contribution in [0.3, 0.4) is 0 Å². The lowest BCUT2D eigenvalue weighted by Crippen LogP contribution is -2.70. The van der Waals surface area contributed by atoms with Gasteiger partial charge in [-0.15, -0.1) is 0 Å². The summed E-state index contributed by atoms with van der Waals surface area (Å²) in [5.41, 5.74) is 0. The predicted molar refractivity (Wildman–Crippen MR) is 297 cm³/mol. The number of aliphatic hydroxyl groups is 11. The molecule has 14 N–H and O–H groups in total. The Bertz CT molecular complexity index is 1770. The van der Waals surface area contributed by atoms with Gasteiger partial charge in [-0.05, 0) is 38.5 Å². The van der Waals surface area contributed by atoms with Gasteiger partial charge in [0.05, 0.1) is 50.7 Å². The number of carbonyl (C=O) groups excluding carboxylic acids is 2. The Morgan fingerprint density at radius 3 is 1.72 bits per heavy atom. The van der Waals surface area contributed by atoms with E-state index in [1.165, 1.54) is 77.0 Å². The third-order valence-electron chi connectivity index (χ3n) is 15.4. The van der Waals surface area contributed by atoms with Crippen molar-refractivity contribution in [1.29, 1.82) is 0 Å². The predicted octanol–water partition coefficient (Wildman–Crippen LogP) is 2.55. The minimum atomic E-state index is -3.08. The van der Waals surface area contributed by atoms with Gasteiger partial charge in [-0.3, -0.25) is 9.59 Å². The molecular formula is C58H104N2O21. The number of unbranched alkanes of at least 4 members (excludes halogenated alkanes) is 21. The molecule has 0 radical (unpaired) electrons. The first-order valence-electron chi connectivity index (χ1n) is 30.2. The Kier molecular flexibility index (Phi) is 36.2. The lowest BCUT2D eigenvalue weighted by molar-refractivity contribution is -0.386. The van der Waals surface area contributed by atoms with E-state index in [2.05, 4.69) is 36.6 Å². The van der Waals surface area contributed by atoms with Crippen molar-refractivity contribution in [3.63, 3.8) is 0 Å². The molecule has 18 unspecified atom stereocenters. The largest absolute Gasteiger partial charge is 0.477 e. The first-order chi connectivity index (χ1) is 38.9. The first kappa shape index (κ1) is 72.5. The molecule has 2 amide bonds. The van der Waals surface area contributed by atoms with Crippen LogP contribution in [0.4, 0.5) is 0 Å². The van der Waals surface area contributed by atoms with Crippen LogP contribution in [0.2, 0.25) is 0 Å². The molecule has 23 heteroatoms. The smallest absolute Gasteiger partial charge is 0.364 e. The number of aliphatic carboxylic acids is 1. The number of ether oxygens (including phenoxy) is 6. The van der Waals surface area contributed by atoms with Gasteiger partial charge in [-0.25, -0.2) is 4.79 Å². The number of carbonyl (C=O) groups is 3. The maximum absolute atomic E-state index is 13.3. The van der Waals surface area contributed by atoms with Gasteiger partial charge in [0.1, 0.15) is 67.1 Å². The number of hydrogen-bond acceptors (Lipinski definition) is 20. The normalized spacial score (nSPS) is 30.6. The molecule has 3 heterocycles. The molecule has 3 rings (SSSR count). The molecule has 3 saturated heterocycles. The van der Waals surface area contributed by atoms with Crippen LogP contribution < -0.4 is 10.6 Å². The van der Waals surface area contributed by atoms with Crippen molar-refractivity contribution in [3.8, 4) is 0 Å². The van der Waals surface area contributed by atoms with Gasteiger partial charge in [0.2, 0.25) is 11.8 Å². The summed E-state index contributed by atoms with van der Waals surface area (Å²) in [6, 6.07) is -2.62. The fourth-order valence-corrected chi connectivity index (χ4v) is 10.5. The van der Waals surface area contributed by atoms with E-state index >= 15 is 0 Å². The molecule has 472 valence electrons. The highest BCUT2D eigenvalue weighted by Gasteiger charge is 2.60. The number of allylic oxidation sites excluding steroid dienone is 3. The summed E-state index contributed by atoms with van der Waals surface area (Å²) in [7, 11) is 0. The van der Waals surface area contributed by atoms with Gasteiger partial charge in [-0.1, -0.05) is 154 Å². The standard InChI is InChI=1S/C58H104N2O21/c1-4-6-8-10-12-14-16-17-18-19-20-21-22-23-25-27-29-31-40(65)39(60-45(68)32-30-28-26-24-15-13-11-9-7-5-2)37-76-55-50(72)49(71)52(44(36-63)78-55)79-56-51(73)54(48(70)43(35-62)77-56)81-58(57(74)75)33-41(66)46(59-38(3)64)53(80-58)47(69)42(67)34-61/h11,13,29,31,39-44,46-56,61-63,65-67,69-73H,4-10,12,14-28,30,32-37H2,1-3H3,(H,59,64)(H,60,68)(H,74,75)/b13-11-,31-29+. The minimum Gasteiger partial charge on any atom is -0.477 e. The monoisotopic (exact) mass is 1160 g/mol. The number of amides is 2. The maximum Gasteiger partial charge on any atom is 0.364 e. The third kappa shape index (κ3) is 25.0. The molecule has 18 atom stereocenters. The summed E-state index contributed by atoms with van der Waals surface area (Å²) in [5, 5.41) is 135. The van der Waals surface area contributed by atoms with Crippen LogP contribution in [0.1, 0.15) is 188 Å². The average molecular weight is 1170 g/mol. The number of nitrogens with one attached hydrogen (secondary N) is 2. The molecule has 0 aromatic carbocycles. The number of rotatable bonds is 43. The molecule has 0 bridgehead atoms. The van der Waals surface area contributed by atoms with Crippen LogP contribution in [0, 0.1) is 0 Å². The number of carboxylic acids is 1. The Morgan fingerprint density at radius 2 is 1.17 bits per heavy atom. The molecule has 0 saturated carbocycles. The Hall–Kier alpha value is -2.79. The van der Waals surface area contributed by atoms with E-state index in [1.54, 1.807) is 6.08 Å². The van der Waals surface area contributed by atoms with Crippen molar-refractivity contribution in [3.05, 3.63) is 24.3 Å². The van der Waals surface area contributed by atoms with Crippen LogP contribution in [0.25, 0.3) is 0 Å². The van der Waals surface area contributed by atoms with E-state index in [0.717, 1.165) is 71.1 Å². The molecule has 3 fully saturated rings. The highest BCUT2D eigenvalue weighted by molar-refractivity contribution is 5.77. The van der Waals surface area contributed by atoms with Crippen molar-refractivity contribution in [1.82, 2.24) is 10.6 Å². The van der Waals surface area contributed by atoms with Gasteiger partial charge in [-0.2, -0.15) is 0 Å². The lowest BCUT2D eigenvalue weighted by atomic mass is 9.88.